The lowest BCUT2D eigenvalue weighted by atomic mass is 9.90. The number of nitrogens with zero attached hydrogens (tertiary/aromatic N) is 1. The maximum Gasteiger partial charge on any atom is 0.243 e. The van der Waals surface area contributed by atoms with Crippen LogP contribution in [0.1, 0.15) is 28.8 Å². The van der Waals surface area contributed by atoms with Gasteiger partial charge in [0.2, 0.25) is 10.0 Å². The van der Waals surface area contributed by atoms with Gasteiger partial charge in [-0.3, -0.25) is 4.79 Å². The molecule has 2 aromatic rings. The molecule has 1 saturated heterocycles. The number of ketones is 1. The first-order valence-electron chi connectivity index (χ1n) is 8.35. The highest BCUT2D eigenvalue weighted by molar-refractivity contribution is 7.89. The Hall–Kier alpha value is -2.12. The highest BCUT2D eigenvalue weighted by Gasteiger charge is 2.33. The van der Waals surface area contributed by atoms with E-state index < -0.39 is 21.7 Å². The molecule has 3 rings (SSSR count). The van der Waals surface area contributed by atoms with E-state index in [2.05, 4.69) is 0 Å². The van der Waals surface area contributed by atoms with Crippen LogP contribution in [0.25, 0.3) is 0 Å². The van der Waals surface area contributed by atoms with Gasteiger partial charge in [0.05, 0.1) is 4.90 Å². The predicted octanol–water partition coefficient (Wildman–Crippen LogP) is 3.56. The van der Waals surface area contributed by atoms with Gasteiger partial charge in [0, 0.05) is 24.6 Å². The van der Waals surface area contributed by atoms with Gasteiger partial charge < -0.3 is 0 Å². The molecule has 4 nitrogen and oxygen atoms in total. The number of hydrogen-bond acceptors (Lipinski definition) is 3. The lowest BCUT2D eigenvalue weighted by molar-refractivity contribution is 0.0875. The average molecular weight is 379 g/mol. The molecule has 1 aliphatic heterocycles. The van der Waals surface area contributed by atoms with E-state index in [-0.39, 0.29) is 29.7 Å². The molecule has 0 atom stereocenters. The first kappa shape index (κ1) is 18.7. The third-order valence-corrected chi connectivity index (χ3v) is 6.77. The molecule has 2 aromatic carbocycles. The number of aryl methyl sites for hydroxylation is 1. The zero-order valence-corrected chi connectivity index (χ0v) is 15.1. The SMILES string of the molecule is Cc1cc(F)ccc1S(=O)(=O)N1CCC(C(=O)c2ccc(F)cc2)CC1. The van der Waals surface area contributed by atoms with E-state index in [1.165, 1.54) is 40.7 Å². The number of halogens is 2. The third kappa shape index (κ3) is 3.68. The second kappa shape index (κ2) is 7.25. The van der Waals surface area contributed by atoms with Crippen molar-refractivity contribution < 1.29 is 22.0 Å². The number of hydrogen-bond donors (Lipinski definition) is 0. The van der Waals surface area contributed by atoms with Crippen LogP contribution in [-0.4, -0.2) is 31.6 Å². The predicted molar refractivity (Wildman–Crippen MR) is 93.4 cm³/mol. The first-order valence-corrected chi connectivity index (χ1v) is 9.79. The van der Waals surface area contributed by atoms with E-state index in [9.17, 15) is 22.0 Å². The molecule has 0 amide bonds. The maximum atomic E-state index is 13.2. The lowest BCUT2D eigenvalue weighted by Gasteiger charge is -2.31. The van der Waals surface area contributed by atoms with Gasteiger partial charge in [0.15, 0.2) is 5.78 Å². The van der Waals surface area contributed by atoms with E-state index in [1.807, 2.05) is 0 Å². The quantitative estimate of drug-likeness (QED) is 0.764. The molecule has 0 spiro atoms. The van der Waals surface area contributed by atoms with Crippen LogP contribution in [0.15, 0.2) is 47.4 Å². The smallest absolute Gasteiger partial charge is 0.243 e. The first-order chi connectivity index (χ1) is 12.3. The Morgan fingerprint density at radius 2 is 1.58 bits per heavy atom. The van der Waals surface area contributed by atoms with Crippen LogP contribution in [-0.2, 0) is 10.0 Å². The highest BCUT2D eigenvalue weighted by atomic mass is 32.2. The van der Waals surface area contributed by atoms with Gasteiger partial charge in [0.25, 0.3) is 0 Å². The van der Waals surface area contributed by atoms with E-state index in [1.54, 1.807) is 6.92 Å². The summed E-state index contributed by atoms with van der Waals surface area (Å²) in [4.78, 5) is 12.6. The fourth-order valence-electron chi connectivity index (χ4n) is 3.25. The molecule has 0 saturated carbocycles. The molecule has 0 radical (unpaired) electrons. The molecule has 1 aliphatic rings. The maximum absolute atomic E-state index is 13.2. The lowest BCUT2D eigenvalue weighted by Crippen LogP contribution is -2.40. The molecule has 0 bridgehead atoms. The Morgan fingerprint density at radius 3 is 2.15 bits per heavy atom. The summed E-state index contributed by atoms with van der Waals surface area (Å²) in [5.41, 5.74) is 0.789. The van der Waals surface area contributed by atoms with Gasteiger partial charge in [-0.1, -0.05) is 0 Å². The molecule has 0 unspecified atom stereocenters. The minimum absolute atomic E-state index is 0.0854. The molecule has 1 heterocycles. The van der Waals surface area contributed by atoms with Crippen molar-refractivity contribution in [2.75, 3.05) is 13.1 Å². The van der Waals surface area contributed by atoms with Crippen LogP contribution >= 0.6 is 0 Å². The Labute approximate surface area is 151 Å². The van der Waals surface area contributed by atoms with Gasteiger partial charge in [0.1, 0.15) is 11.6 Å². The number of piperidine rings is 1. The summed E-state index contributed by atoms with van der Waals surface area (Å²) in [6.07, 6.45) is 0.797. The fraction of sp³-hybridized carbons (Fsp3) is 0.316. The molecule has 7 heteroatoms. The number of carbonyl (C=O) groups excluding carboxylic acids is 1. The monoisotopic (exact) mass is 379 g/mol. The minimum atomic E-state index is -3.72. The zero-order chi connectivity index (χ0) is 18.9. The number of benzene rings is 2. The summed E-state index contributed by atoms with van der Waals surface area (Å²) in [5.74, 6) is -1.27. The number of carbonyl (C=O) groups is 1. The van der Waals surface area contributed by atoms with Crippen molar-refractivity contribution in [2.24, 2.45) is 5.92 Å². The van der Waals surface area contributed by atoms with Crippen molar-refractivity contribution in [3.8, 4) is 0 Å². The third-order valence-electron chi connectivity index (χ3n) is 4.71. The summed E-state index contributed by atoms with van der Waals surface area (Å²) in [6, 6.07) is 8.97. The Balaban J connectivity index is 1.71. The summed E-state index contributed by atoms with van der Waals surface area (Å²) >= 11 is 0. The largest absolute Gasteiger partial charge is 0.294 e. The van der Waals surface area contributed by atoms with E-state index >= 15 is 0 Å². The summed E-state index contributed by atoms with van der Waals surface area (Å²) < 4.78 is 53.1. The highest BCUT2D eigenvalue weighted by Crippen LogP contribution is 2.27. The molecule has 1 fully saturated rings. The molecule has 0 aromatic heterocycles. The van der Waals surface area contributed by atoms with Crippen molar-refractivity contribution in [2.45, 2.75) is 24.7 Å². The second-order valence-electron chi connectivity index (χ2n) is 6.46. The van der Waals surface area contributed by atoms with Crippen LogP contribution in [0.4, 0.5) is 8.78 Å². The van der Waals surface area contributed by atoms with Gasteiger partial charge in [-0.15, -0.1) is 0 Å². The van der Waals surface area contributed by atoms with Crippen LogP contribution < -0.4 is 0 Å². The summed E-state index contributed by atoms with van der Waals surface area (Å²) in [5, 5.41) is 0. The second-order valence-corrected chi connectivity index (χ2v) is 8.37. The topological polar surface area (TPSA) is 54.5 Å². The fourth-order valence-corrected chi connectivity index (χ4v) is 4.93. The number of sulfonamides is 1. The van der Waals surface area contributed by atoms with Gasteiger partial charge in [-0.2, -0.15) is 4.31 Å². The molecular weight excluding hydrogens is 360 g/mol. The van der Waals surface area contributed by atoms with Crippen molar-refractivity contribution in [3.05, 3.63) is 65.2 Å². The van der Waals surface area contributed by atoms with Crippen LogP contribution in [0.2, 0.25) is 0 Å². The van der Waals surface area contributed by atoms with Crippen molar-refractivity contribution >= 4 is 15.8 Å². The van der Waals surface area contributed by atoms with Gasteiger partial charge in [-0.25, -0.2) is 17.2 Å². The molecule has 138 valence electrons. The number of Topliss-reactive ketones (excluding diaryl/α,β-unsaturated/α-hetero) is 1. The van der Waals surface area contributed by atoms with Crippen LogP contribution in [0.5, 0.6) is 0 Å². The van der Waals surface area contributed by atoms with E-state index in [0.29, 0.717) is 24.0 Å². The van der Waals surface area contributed by atoms with Crippen LogP contribution in [0.3, 0.4) is 0 Å². The van der Waals surface area contributed by atoms with Crippen molar-refractivity contribution in [1.29, 1.82) is 0 Å². The minimum Gasteiger partial charge on any atom is -0.294 e. The van der Waals surface area contributed by atoms with Crippen molar-refractivity contribution in [1.82, 2.24) is 4.31 Å². The summed E-state index contributed by atoms with van der Waals surface area (Å²) in [7, 11) is -3.72. The van der Waals surface area contributed by atoms with Crippen LogP contribution in [0, 0.1) is 24.5 Å². The Bertz CT molecular complexity index is 918. The van der Waals surface area contributed by atoms with Gasteiger partial charge in [-0.05, 0) is 67.8 Å². The molecule has 0 N–H and O–H groups in total. The molecular formula is C19H19F2NO3S. The summed E-state index contributed by atoms with van der Waals surface area (Å²) in [6.45, 7) is 1.99. The molecule has 0 aliphatic carbocycles. The average Bonchev–Trinajstić information content (AvgIpc) is 2.61. The molecule has 26 heavy (non-hydrogen) atoms. The van der Waals surface area contributed by atoms with Crippen molar-refractivity contribution in [3.63, 3.8) is 0 Å². The van der Waals surface area contributed by atoms with Gasteiger partial charge >= 0.3 is 0 Å². The van der Waals surface area contributed by atoms with E-state index in [0.717, 1.165) is 6.07 Å². The Morgan fingerprint density at radius 1 is 1.00 bits per heavy atom. The van der Waals surface area contributed by atoms with E-state index in [4.69, 9.17) is 0 Å². The zero-order valence-electron chi connectivity index (χ0n) is 14.3. The number of rotatable bonds is 4. The standard InChI is InChI=1S/C19H19F2NO3S/c1-13-12-17(21)6-7-18(13)26(24,25)22-10-8-15(9-11-22)19(23)14-2-4-16(20)5-3-14/h2-7,12,15H,8-11H2,1H3. The Kier molecular flexibility index (Phi) is 5.20. The normalized spacial score (nSPS) is 16.6.